The van der Waals surface area contributed by atoms with Crippen LogP contribution in [0.5, 0.6) is 0 Å². The minimum atomic E-state index is -4.45. The molecule has 0 spiro atoms. The second-order valence-corrected chi connectivity index (χ2v) is 8.59. The number of fused-ring (bicyclic) bond motifs is 1. The van der Waals surface area contributed by atoms with Crippen LogP contribution in [0.2, 0.25) is 0 Å². The highest BCUT2D eigenvalue weighted by Gasteiger charge is 2.33. The fraction of sp³-hybridized carbons (Fsp3) is 0.120. The molecule has 0 radical (unpaired) electrons. The van der Waals surface area contributed by atoms with E-state index < -0.39 is 11.7 Å². The summed E-state index contributed by atoms with van der Waals surface area (Å²) in [5.74, 6) is 0.0774. The highest BCUT2D eigenvalue weighted by molar-refractivity contribution is 7.98. The molecule has 176 valence electrons. The molecule has 6 nitrogen and oxygen atoms in total. The van der Waals surface area contributed by atoms with E-state index in [4.69, 9.17) is 4.42 Å². The summed E-state index contributed by atoms with van der Waals surface area (Å²) in [6, 6.07) is 21.8. The van der Waals surface area contributed by atoms with Crippen molar-refractivity contribution >= 4 is 22.5 Å². The van der Waals surface area contributed by atoms with E-state index in [-0.39, 0.29) is 34.5 Å². The monoisotopic (exact) mass is 494 g/mol. The number of nitrogens with zero attached hydrogens (tertiary/aromatic N) is 4. The fourth-order valence-corrected chi connectivity index (χ4v) is 4.45. The molecule has 0 aliphatic carbocycles. The van der Waals surface area contributed by atoms with Crippen LogP contribution < -0.4 is 5.56 Å². The molecule has 0 bridgehead atoms. The average Bonchev–Trinajstić information content (AvgIpc) is 3.34. The summed E-state index contributed by atoms with van der Waals surface area (Å²) in [4.78, 5) is 13.0. The zero-order chi connectivity index (χ0) is 24.4. The molecule has 0 atom stereocenters. The van der Waals surface area contributed by atoms with Gasteiger partial charge in [-0.25, -0.2) is 4.68 Å². The van der Waals surface area contributed by atoms with Gasteiger partial charge in [-0.1, -0.05) is 78.5 Å². The van der Waals surface area contributed by atoms with Gasteiger partial charge in [0.2, 0.25) is 0 Å². The third-order valence-electron chi connectivity index (χ3n) is 5.33. The van der Waals surface area contributed by atoms with Crippen LogP contribution in [0.4, 0.5) is 13.2 Å². The van der Waals surface area contributed by atoms with Gasteiger partial charge in [0.15, 0.2) is 5.69 Å². The van der Waals surface area contributed by atoms with Crippen molar-refractivity contribution in [3.8, 4) is 11.6 Å². The zero-order valence-electron chi connectivity index (χ0n) is 18.1. The molecule has 0 aliphatic heterocycles. The molecule has 0 unspecified atom stereocenters. The summed E-state index contributed by atoms with van der Waals surface area (Å²) < 4.78 is 46.9. The molecule has 5 rings (SSSR count). The number of alkyl halides is 3. The normalized spacial score (nSPS) is 11.7. The van der Waals surface area contributed by atoms with Crippen LogP contribution >= 0.6 is 11.8 Å². The molecule has 5 aromatic rings. The molecular weight excluding hydrogens is 477 g/mol. The SMILES string of the molecule is O=c1c2ccccc2c(-c2nnc(SCc3ccccc3C(F)(F)F)o2)nn1Cc1ccccc1. The number of rotatable bonds is 6. The first kappa shape index (κ1) is 22.9. The lowest BCUT2D eigenvalue weighted by atomic mass is 10.1. The van der Waals surface area contributed by atoms with E-state index in [0.29, 0.717) is 16.5 Å². The predicted molar refractivity (Wildman–Crippen MR) is 126 cm³/mol. The Bertz CT molecular complexity index is 1550. The maximum Gasteiger partial charge on any atom is 0.416 e. The van der Waals surface area contributed by atoms with Crippen molar-refractivity contribution < 1.29 is 17.6 Å². The van der Waals surface area contributed by atoms with Crippen LogP contribution in [-0.2, 0) is 18.5 Å². The van der Waals surface area contributed by atoms with Crippen LogP contribution in [0.15, 0.2) is 93.3 Å². The summed E-state index contributed by atoms with van der Waals surface area (Å²) in [6.07, 6.45) is -4.45. The van der Waals surface area contributed by atoms with Gasteiger partial charge in [0, 0.05) is 11.1 Å². The lowest BCUT2D eigenvalue weighted by molar-refractivity contribution is -0.138. The quantitative estimate of drug-likeness (QED) is 0.278. The summed E-state index contributed by atoms with van der Waals surface area (Å²) >= 11 is 0.998. The van der Waals surface area contributed by atoms with Crippen molar-refractivity contribution in [3.63, 3.8) is 0 Å². The molecule has 2 aromatic heterocycles. The molecule has 0 saturated heterocycles. The summed E-state index contributed by atoms with van der Waals surface area (Å²) in [5, 5.41) is 13.6. The topological polar surface area (TPSA) is 73.8 Å². The van der Waals surface area contributed by atoms with Crippen LogP contribution in [0.3, 0.4) is 0 Å². The Morgan fingerprint density at radius 3 is 2.31 bits per heavy atom. The van der Waals surface area contributed by atoms with Crippen molar-refractivity contribution in [2.45, 2.75) is 23.7 Å². The maximum absolute atomic E-state index is 13.3. The minimum Gasteiger partial charge on any atom is -0.409 e. The number of benzene rings is 3. The molecular formula is C25H17F3N4O2S. The standard InChI is InChI=1S/C25H17F3N4O2S/c26-25(27,28)20-13-7-4-10-17(20)15-35-24-30-29-22(34-24)21-18-11-5-6-12-19(18)23(33)32(31-21)14-16-8-2-1-3-9-16/h1-13H,14-15H2. The van der Waals surface area contributed by atoms with Gasteiger partial charge in [0.1, 0.15) is 0 Å². The summed E-state index contributed by atoms with van der Waals surface area (Å²) in [6.45, 7) is 0.251. The van der Waals surface area contributed by atoms with Crippen LogP contribution in [-0.4, -0.2) is 20.0 Å². The molecule has 0 fully saturated rings. The highest BCUT2D eigenvalue weighted by Crippen LogP contribution is 2.35. The van der Waals surface area contributed by atoms with E-state index in [2.05, 4.69) is 15.3 Å². The van der Waals surface area contributed by atoms with Crippen molar-refractivity contribution in [2.75, 3.05) is 0 Å². The molecule has 2 heterocycles. The molecule has 0 amide bonds. The number of hydrogen-bond donors (Lipinski definition) is 0. The molecule has 0 saturated carbocycles. The van der Waals surface area contributed by atoms with Crippen LogP contribution in [0.1, 0.15) is 16.7 Å². The Morgan fingerprint density at radius 1 is 0.857 bits per heavy atom. The van der Waals surface area contributed by atoms with Crippen LogP contribution in [0, 0.1) is 0 Å². The molecule has 0 N–H and O–H groups in total. The second kappa shape index (κ2) is 9.38. The van der Waals surface area contributed by atoms with Gasteiger partial charge in [-0.3, -0.25) is 4.79 Å². The van der Waals surface area contributed by atoms with E-state index in [1.807, 2.05) is 30.3 Å². The minimum absolute atomic E-state index is 0.000994. The van der Waals surface area contributed by atoms with Crippen molar-refractivity contribution in [1.82, 2.24) is 20.0 Å². The maximum atomic E-state index is 13.3. The van der Waals surface area contributed by atoms with E-state index in [9.17, 15) is 18.0 Å². The zero-order valence-corrected chi connectivity index (χ0v) is 18.9. The molecule has 3 aromatic carbocycles. The predicted octanol–water partition coefficient (Wildman–Crippen LogP) is 5.81. The average molecular weight is 494 g/mol. The van der Waals surface area contributed by atoms with Crippen molar-refractivity contribution in [3.05, 3.63) is 106 Å². The Balaban J connectivity index is 1.48. The second-order valence-electron chi connectivity index (χ2n) is 7.66. The van der Waals surface area contributed by atoms with E-state index >= 15 is 0 Å². The summed E-state index contributed by atoms with van der Waals surface area (Å²) in [7, 11) is 0. The van der Waals surface area contributed by atoms with Gasteiger partial charge in [-0.15, -0.1) is 10.2 Å². The number of hydrogen-bond acceptors (Lipinski definition) is 6. The van der Waals surface area contributed by atoms with E-state index in [1.54, 1.807) is 30.3 Å². The van der Waals surface area contributed by atoms with Crippen molar-refractivity contribution in [1.29, 1.82) is 0 Å². The third kappa shape index (κ3) is 4.83. The number of halogens is 3. The van der Waals surface area contributed by atoms with Crippen LogP contribution in [0.25, 0.3) is 22.4 Å². The largest absolute Gasteiger partial charge is 0.416 e. The van der Waals surface area contributed by atoms with Gasteiger partial charge in [-0.2, -0.15) is 18.3 Å². The van der Waals surface area contributed by atoms with Gasteiger partial charge in [0.05, 0.1) is 17.5 Å². The molecule has 10 heteroatoms. The highest BCUT2D eigenvalue weighted by atomic mass is 32.2. The smallest absolute Gasteiger partial charge is 0.409 e. The Morgan fingerprint density at radius 2 is 1.54 bits per heavy atom. The van der Waals surface area contributed by atoms with Gasteiger partial charge in [0.25, 0.3) is 16.7 Å². The lowest BCUT2D eigenvalue weighted by Crippen LogP contribution is -2.24. The number of thioether (sulfide) groups is 1. The lowest BCUT2D eigenvalue weighted by Gasteiger charge is -2.11. The Hall–Kier alpha value is -3.92. The first-order valence-corrected chi connectivity index (χ1v) is 11.5. The van der Waals surface area contributed by atoms with Crippen molar-refractivity contribution in [2.24, 2.45) is 0 Å². The van der Waals surface area contributed by atoms with E-state index in [1.165, 1.54) is 16.8 Å². The Kier molecular flexibility index (Phi) is 6.12. The first-order chi connectivity index (χ1) is 16.9. The molecule has 35 heavy (non-hydrogen) atoms. The van der Waals surface area contributed by atoms with E-state index in [0.717, 1.165) is 23.4 Å². The fourth-order valence-electron chi connectivity index (χ4n) is 3.68. The van der Waals surface area contributed by atoms with Gasteiger partial charge >= 0.3 is 6.18 Å². The third-order valence-corrected chi connectivity index (χ3v) is 6.19. The Labute approximate surface area is 201 Å². The van der Waals surface area contributed by atoms with Gasteiger partial charge in [-0.05, 0) is 23.3 Å². The molecule has 0 aliphatic rings. The van der Waals surface area contributed by atoms with Gasteiger partial charge < -0.3 is 4.42 Å². The summed E-state index contributed by atoms with van der Waals surface area (Å²) in [5.41, 5.74) is 0.378. The number of aromatic nitrogens is 4. The first-order valence-electron chi connectivity index (χ1n) is 10.6.